The highest BCUT2D eigenvalue weighted by Gasteiger charge is 2.69. The van der Waals surface area contributed by atoms with Crippen LogP contribution in [0.3, 0.4) is 0 Å². The number of methoxy groups -OCH3 is 1. The molecule has 0 amide bonds. The molecule has 128 valence electrons. The lowest BCUT2D eigenvalue weighted by molar-refractivity contribution is 0.171. The fraction of sp³-hybridized carbons (Fsp3) is 0.333. The van der Waals surface area contributed by atoms with Gasteiger partial charge in [-0.2, -0.15) is 0 Å². The summed E-state index contributed by atoms with van der Waals surface area (Å²) in [7, 11) is -2.17. The first-order valence-electron chi connectivity index (χ1n) is 7.64. The van der Waals surface area contributed by atoms with Gasteiger partial charge in [0.05, 0.1) is 22.3 Å². The highest BCUT2D eigenvalue weighted by atomic mass is 32.2. The predicted molar refractivity (Wildman–Crippen MR) is 90.1 cm³/mol. The zero-order chi connectivity index (χ0) is 17.5. The van der Waals surface area contributed by atoms with Crippen LogP contribution in [0.15, 0.2) is 53.4 Å². The zero-order valence-corrected chi connectivity index (χ0v) is 14.4. The third-order valence-corrected chi connectivity index (χ3v) is 6.90. The maximum absolute atomic E-state index is 13.6. The second kappa shape index (κ2) is 5.95. The number of nitrogens with two attached hydrogens (primary N) is 1. The Bertz CT molecular complexity index is 851. The van der Waals surface area contributed by atoms with Crippen LogP contribution in [0.2, 0.25) is 0 Å². The van der Waals surface area contributed by atoms with Crippen LogP contribution in [0.4, 0.5) is 4.39 Å². The molecule has 3 rings (SSSR count). The number of halogens is 1. The molecule has 1 aliphatic rings. The van der Waals surface area contributed by atoms with Crippen LogP contribution in [0.1, 0.15) is 17.0 Å². The summed E-state index contributed by atoms with van der Waals surface area (Å²) in [4.78, 5) is 0.225. The fourth-order valence-electron chi connectivity index (χ4n) is 3.37. The number of aryl methyl sites for hydroxylation is 1. The summed E-state index contributed by atoms with van der Waals surface area (Å²) in [6.45, 7) is 1.98. The molecule has 0 aromatic heterocycles. The largest absolute Gasteiger partial charge is 0.383 e. The van der Waals surface area contributed by atoms with Crippen molar-refractivity contribution in [3.05, 3.63) is 65.5 Å². The molecule has 0 unspecified atom stereocenters. The van der Waals surface area contributed by atoms with Crippen LogP contribution in [-0.2, 0) is 14.6 Å². The molecule has 6 heteroatoms. The van der Waals surface area contributed by atoms with Crippen molar-refractivity contribution < 1.29 is 17.5 Å². The van der Waals surface area contributed by atoms with E-state index in [0.717, 1.165) is 5.56 Å². The van der Waals surface area contributed by atoms with Gasteiger partial charge in [-0.3, -0.25) is 0 Å². The smallest absolute Gasteiger partial charge is 0.183 e. The summed E-state index contributed by atoms with van der Waals surface area (Å²) in [5, 5.41) is -0.838. The van der Waals surface area contributed by atoms with E-state index in [1.165, 1.54) is 19.2 Å². The summed E-state index contributed by atoms with van der Waals surface area (Å²) in [5.41, 5.74) is 6.84. The lowest BCUT2D eigenvalue weighted by atomic mass is 10.1. The van der Waals surface area contributed by atoms with E-state index in [9.17, 15) is 12.8 Å². The van der Waals surface area contributed by atoms with Gasteiger partial charge in [0.25, 0.3) is 0 Å². The normalized spacial score (nSPS) is 26.3. The molecule has 0 saturated heterocycles. The molecule has 0 bridgehead atoms. The van der Waals surface area contributed by atoms with Crippen LogP contribution in [-0.4, -0.2) is 32.9 Å². The Labute approximate surface area is 141 Å². The average Bonchev–Trinajstić information content (AvgIpc) is 3.14. The van der Waals surface area contributed by atoms with Crippen LogP contribution >= 0.6 is 0 Å². The van der Waals surface area contributed by atoms with Crippen LogP contribution < -0.4 is 5.73 Å². The maximum Gasteiger partial charge on any atom is 0.183 e. The number of rotatable bonds is 5. The van der Waals surface area contributed by atoms with E-state index in [0.29, 0.717) is 5.56 Å². The van der Waals surface area contributed by atoms with Crippen molar-refractivity contribution in [2.75, 3.05) is 13.7 Å². The lowest BCUT2D eigenvalue weighted by Gasteiger charge is -2.11. The van der Waals surface area contributed by atoms with Crippen LogP contribution in [0.25, 0.3) is 0 Å². The van der Waals surface area contributed by atoms with Crippen molar-refractivity contribution in [1.82, 2.24) is 0 Å². The number of hydrogen-bond acceptors (Lipinski definition) is 4. The SMILES string of the molecule is COC[C@]1(N)[C@H](c2cccc(F)c2)[C@H]1S(=O)(=O)c1ccc(C)cc1. The van der Waals surface area contributed by atoms with Crippen LogP contribution in [0, 0.1) is 12.7 Å². The molecule has 2 aromatic rings. The molecule has 4 nitrogen and oxygen atoms in total. The minimum absolute atomic E-state index is 0.0872. The van der Waals surface area contributed by atoms with E-state index in [2.05, 4.69) is 0 Å². The van der Waals surface area contributed by atoms with Gasteiger partial charge in [0.15, 0.2) is 9.84 Å². The summed E-state index contributed by atoms with van der Waals surface area (Å²) < 4.78 is 44.8. The second-order valence-electron chi connectivity index (χ2n) is 6.36. The molecule has 3 atom stereocenters. The van der Waals surface area contributed by atoms with Gasteiger partial charge in [0.2, 0.25) is 0 Å². The van der Waals surface area contributed by atoms with Gasteiger partial charge in [-0.15, -0.1) is 0 Å². The Morgan fingerprint density at radius 2 is 1.88 bits per heavy atom. The summed E-state index contributed by atoms with van der Waals surface area (Å²) in [6, 6.07) is 12.6. The van der Waals surface area contributed by atoms with Gasteiger partial charge in [-0.1, -0.05) is 29.8 Å². The van der Waals surface area contributed by atoms with Crippen LogP contribution in [0.5, 0.6) is 0 Å². The molecule has 0 radical (unpaired) electrons. The first-order chi connectivity index (χ1) is 11.3. The Morgan fingerprint density at radius 1 is 1.21 bits per heavy atom. The molecule has 0 heterocycles. The van der Waals surface area contributed by atoms with Gasteiger partial charge in [0.1, 0.15) is 5.82 Å². The third kappa shape index (κ3) is 2.75. The summed E-state index contributed by atoms with van der Waals surface area (Å²) >= 11 is 0. The molecule has 1 fully saturated rings. The van der Waals surface area contributed by atoms with E-state index in [1.54, 1.807) is 36.4 Å². The fourth-order valence-corrected chi connectivity index (χ4v) is 5.66. The van der Waals surface area contributed by atoms with Gasteiger partial charge in [-0.25, -0.2) is 12.8 Å². The molecular weight excluding hydrogens is 329 g/mol. The quantitative estimate of drug-likeness (QED) is 0.900. The Kier molecular flexibility index (Phi) is 4.23. The van der Waals surface area contributed by atoms with E-state index >= 15 is 0 Å². The predicted octanol–water partition coefficient (Wildman–Crippen LogP) is 2.42. The average molecular weight is 349 g/mol. The van der Waals surface area contributed by atoms with Crippen molar-refractivity contribution in [2.24, 2.45) is 5.73 Å². The molecule has 24 heavy (non-hydrogen) atoms. The van der Waals surface area contributed by atoms with E-state index in [-0.39, 0.29) is 11.5 Å². The van der Waals surface area contributed by atoms with Crippen molar-refractivity contribution in [2.45, 2.75) is 28.5 Å². The first-order valence-corrected chi connectivity index (χ1v) is 9.19. The highest BCUT2D eigenvalue weighted by molar-refractivity contribution is 7.92. The van der Waals surface area contributed by atoms with Crippen molar-refractivity contribution in [3.63, 3.8) is 0 Å². The molecule has 2 aromatic carbocycles. The maximum atomic E-state index is 13.6. The topological polar surface area (TPSA) is 69.4 Å². The van der Waals surface area contributed by atoms with E-state index in [4.69, 9.17) is 10.5 Å². The lowest BCUT2D eigenvalue weighted by Crippen LogP contribution is -2.35. The molecule has 2 N–H and O–H groups in total. The Morgan fingerprint density at radius 3 is 2.46 bits per heavy atom. The number of benzene rings is 2. The first kappa shape index (κ1) is 17.1. The summed E-state index contributed by atoms with van der Waals surface area (Å²) in [5.74, 6) is -0.912. The monoisotopic (exact) mass is 349 g/mol. The molecule has 1 aliphatic carbocycles. The molecule has 1 saturated carbocycles. The summed E-state index contributed by atoms with van der Waals surface area (Å²) in [6.07, 6.45) is 0. The second-order valence-corrected chi connectivity index (χ2v) is 8.43. The van der Waals surface area contributed by atoms with Crippen molar-refractivity contribution >= 4 is 9.84 Å². The van der Waals surface area contributed by atoms with Gasteiger partial charge in [-0.05, 0) is 36.8 Å². The van der Waals surface area contributed by atoms with Crippen molar-refractivity contribution in [1.29, 1.82) is 0 Å². The molecular formula is C18H20FNO3S. The number of hydrogen-bond donors (Lipinski definition) is 1. The zero-order valence-electron chi connectivity index (χ0n) is 13.6. The standard InChI is InChI=1S/C18H20FNO3S/c1-12-6-8-15(9-7-12)24(21,22)17-16(18(17,20)11-23-2)13-4-3-5-14(19)10-13/h3-10,16-17H,11,20H2,1-2H3/t16-,17-,18+/m1/s1. The Hall–Kier alpha value is -1.76. The van der Waals surface area contributed by atoms with Gasteiger partial charge < -0.3 is 10.5 Å². The number of sulfone groups is 1. The molecule has 0 aliphatic heterocycles. The van der Waals surface area contributed by atoms with E-state index in [1.807, 2.05) is 6.92 Å². The third-order valence-electron chi connectivity index (χ3n) is 4.59. The van der Waals surface area contributed by atoms with E-state index < -0.39 is 32.4 Å². The minimum atomic E-state index is -3.65. The van der Waals surface area contributed by atoms with Crippen molar-refractivity contribution in [3.8, 4) is 0 Å². The number of ether oxygens (including phenoxy) is 1. The minimum Gasteiger partial charge on any atom is -0.383 e. The highest BCUT2D eigenvalue weighted by Crippen LogP contribution is 2.55. The van der Waals surface area contributed by atoms with Gasteiger partial charge in [0, 0.05) is 13.0 Å². The van der Waals surface area contributed by atoms with Gasteiger partial charge >= 0.3 is 0 Å². The molecule has 0 spiro atoms. The Balaban J connectivity index is 2.03.